The van der Waals surface area contributed by atoms with E-state index in [0.29, 0.717) is 0 Å². The van der Waals surface area contributed by atoms with E-state index in [1.54, 1.807) is 6.08 Å². The quantitative estimate of drug-likeness (QED) is 0.495. The second-order valence-electron chi connectivity index (χ2n) is 1.02. The second kappa shape index (κ2) is 4.19. The zero-order valence-electron chi connectivity index (χ0n) is 4.22. The first-order valence-corrected chi connectivity index (χ1v) is 5.57. The van der Waals surface area contributed by atoms with Crippen molar-refractivity contribution in [1.82, 2.24) is 0 Å². The molecule has 1 unspecified atom stereocenters. The van der Waals surface area contributed by atoms with E-state index in [9.17, 15) is 0 Å². The molecule has 0 amide bonds. The number of rotatable bonds is 2. The third kappa shape index (κ3) is 2.68. The van der Waals surface area contributed by atoms with Crippen molar-refractivity contribution in [1.29, 1.82) is 5.26 Å². The molecular formula is C5H7NTe. The van der Waals surface area contributed by atoms with E-state index >= 15 is 0 Å². The van der Waals surface area contributed by atoms with Crippen LogP contribution in [0.4, 0.5) is 0 Å². The maximum atomic E-state index is 8.24. The van der Waals surface area contributed by atoms with Crippen molar-refractivity contribution >= 4 is 20.9 Å². The molecule has 0 aliphatic heterocycles. The van der Waals surface area contributed by atoms with Gasteiger partial charge in [-0.2, -0.15) is 0 Å². The Balaban J connectivity index is 3.43. The number of hydrogen-bond acceptors (Lipinski definition) is 1. The van der Waals surface area contributed by atoms with Gasteiger partial charge in [-0.05, 0) is 0 Å². The fourth-order valence-corrected chi connectivity index (χ4v) is 1.05. The Morgan fingerprint density at radius 3 is 2.57 bits per heavy atom. The van der Waals surface area contributed by atoms with E-state index in [0.717, 1.165) is 0 Å². The summed E-state index contributed by atoms with van der Waals surface area (Å²) in [7, 11) is 0. The molecule has 0 aromatic carbocycles. The summed E-state index contributed by atoms with van der Waals surface area (Å²) in [5, 5.41) is 8.24. The summed E-state index contributed by atoms with van der Waals surface area (Å²) in [6, 6.07) is 2.14. The van der Waals surface area contributed by atoms with E-state index in [-0.39, 0.29) is 24.9 Å². The van der Waals surface area contributed by atoms with E-state index in [4.69, 9.17) is 5.26 Å². The van der Waals surface area contributed by atoms with Gasteiger partial charge in [-0.3, -0.25) is 0 Å². The molecule has 0 aliphatic rings. The van der Waals surface area contributed by atoms with E-state index in [1.807, 2.05) is 0 Å². The van der Waals surface area contributed by atoms with Crippen LogP contribution < -0.4 is 0 Å². The van der Waals surface area contributed by atoms with Crippen LogP contribution in [-0.4, -0.2) is 20.9 Å². The molecule has 0 spiro atoms. The summed E-state index contributed by atoms with van der Waals surface area (Å²) in [6.45, 7) is 3.51. The van der Waals surface area contributed by atoms with Crippen molar-refractivity contribution in [3.05, 3.63) is 12.7 Å². The van der Waals surface area contributed by atoms with Gasteiger partial charge < -0.3 is 0 Å². The molecule has 1 atom stereocenters. The Morgan fingerprint density at radius 2 is 2.57 bits per heavy atom. The van der Waals surface area contributed by atoms with Gasteiger partial charge in [-0.15, -0.1) is 0 Å². The summed E-state index contributed by atoms with van der Waals surface area (Å²) in [5.41, 5.74) is 0. The van der Waals surface area contributed by atoms with Crippen molar-refractivity contribution in [3.8, 4) is 6.07 Å². The van der Waals surface area contributed by atoms with E-state index < -0.39 is 0 Å². The Kier molecular flexibility index (Phi) is 4.20. The van der Waals surface area contributed by atoms with Gasteiger partial charge in [0.15, 0.2) is 0 Å². The average molecular weight is 209 g/mol. The fourth-order valence-electron chi connectivity index (χ4n) is 0.202. The molecule has 38 valence electrons. The Labute approximate surface area is 54.1 Å². The number of nitrogens with zero attached hydrogens (tertiary/aromatic N) is 1. The summed E-state index contributed by atoms with van der Waals surface area (Å²) in [5.74, 6) is 0. The van der Waals surface area contributed by atoms with Gasteiger partial charge in [0.05, 0.1) is 0 Å². The van der Waals surface area contributed by atoms with Crippen LogP contribution in [-0.2, 0) is 0 Å². The molecule has 0 fully saturated rings. The minimum atomic E-state index is -0.0856. The molecule has 0 radical (unpaired) electrons. The Morgan fingerprint density at radius 1 is 2.00 bits per heavy atom. The first kappa shape index (κ1) is 7.02. The third-order valence-electron chi connectivity index (χ3n) is 0.595. The average Bonchev–Trinajstić information content (AvgIpc) is 1.72. The Hall–Kier alpha value is 0.0196. The van der Waals surface area contributed by atoms with E-state index in [1.165, 1.54) is 0 Å². The van der Waals surface area contributed by atoms with Crippen LogP contribution in [0.2, 0.25) is 8.94 Å². The summed E-state index contributed by atoms with van der Waals surface area (Å²) >= 11 is -0.0856. The van der Waals surface area contributed by atoms with Crippen molar-refractivity contribution in [3.63, 3.8) is 0 Å². The van der Waals surface area contributed by atoms with Crippen molar-refractivity contribution in [2.75, 3.05) is 0 Å². The predicted molar refractivity (Wildman–Crippen MR) is 31.2 cm³/mol. The molecular weight excluding hydrogens is 202 g/mol. The molecule has 0 saturated carbocycles. The van der Waals surface area contributed by atoms with Gasteiger partial charge >= 0.3 is 53.8 Å². The first-order valence-electron chi connectivity index (χ1n) is 1.90. The van der Waals surface area contributed by atoms with Gasteiger partial charge in [0.25, 0.3) is 0 Å². The van der Waals surface area contributed by atoms with Crippen LogP contribution in [0.3, 0.4) is 0 Å². The topological polar surface area (TPSA) is 23.8 Å². The van der Waals surface area contributed by atoms with Crippen LogP contribution in [0, 0.1) is 11.3 Å². The molecule has 0 saturated heterocycles. The number of hydrogen-bond donors (Lipinski definition) is 0. The number of allylic oxidation sites excluding steroid dienone is 1. The SMILES string of the molecule is C=CC(C#N)[Te]C. The van der Waals surface area contributed by atoms with Gasteiger partial charge in [-0.25, -0.2) is 0 Å². The number of nitriles is 1. The van der Waals surface area contributed by atoms with Crippen LogP contribution in [0.25, 0.3) is 0 Å². The van der Waals surface area contributed by atoms with Gasteiger partial charge in [0, 0.05) is 0 Å². The second-order valence-corrected chi connectivity index (χ2v) is 3.82. The van der Waals surface area contributed by atoms with Crippen LogP contribution in [0.15, 0.2) is 12.7 Å². The molecule has 0 aromatic rings. The van der Waals surface area contributed by atoms with Crippen LogP contribution >= 0.6 is 0 Å². The molecule has 0 aromatic heterocycles. The van der Waals surface area contributed by atoms with Gasteiger partial charge in [0.1, 0.15) is 0 Å². The molecule has 0 N–H and O–H groups in total. The van der Waals surface area contributed by atoms with Crippen molar-refractivity contribution in [2.24, 2.45) is 0 Å². The van der Waals surface area contributed by atoms with Crippen LogP contribution in [0.1, 0.15) is 0 Å². The fraction of sp³-hybridized carbons (Fsp3) is 0.400. The minimum absolute atomic E-state index is 0.0856. The third-order valence-corrected chi connectivity index (χ3v) is 2.89. The monoisotopic (exact) mass is 211 g/mol. The molecule has 7 heavy (non-hydrogen) atoms. The maximum absolute atomic E-state index is 8.24. The summed E-state index contributed by atoms with van der Waals surface area (Å²) in [6.07, 6.45) is 1.72. The molecule has 0 rings (SSSR count). The van der Waals surface area contributed by atoms with Gasteiger partial charge in [-0.1, -0.05) is 0 Å². The standard InChI is InChI=1S/C5H7NTe/c1-3-5(4-6)7-2/h3,5H,1H2,2H3. The zero-order valence-corrected chi connectivity index (χ0v) is 6.55. The van der Waals surface area contributed by atoms with Crippen molar-refractivity contribution in [2.45, 2.75) is 8.94 Å². The predicted octanol–water partition coefficient (Wildman–Crippen LogP) is 1.24. The molecule has 0 heterocycles. The summed E-state index contributed by atoms with van der Waals surface area (Å²) in [4.78, 5) is 2.10. The van der Waals surface area contributed by atoms with Crippen molar-refractivity contribution < 1.29 is 0 Å². The molecule has 1 nitrogen and oxygen atoms in total. The molecule has 2 heteroatoms. The normalized spacial score (nSPS) is 12.0. The van der Waals surface area contributed by atoms with E-state index in [2.05, 4.69) is 17.6 Å². The van der Waals surface area contributed by atoms with Gasteiger partial charge in [0.2, 0.25) is 0 Å². The molecule has 0 bridgehead atoms. The zero-order chi connectivity index (χ0) is 5.70. The molecule has 0 aliphatic carbocycles. The van der Waals surface area contributed by atoms with Crippen LogP contribution in [0.5, 0.6) is 0 Å². The summed E-state index contributed by atoms with van der Waals surface area (Å²) < 4.78 is 0.186. The first-order chi connectivity index (χ1) is 3.35. The Bertz CT molecular complexity index is 92.7.